The minimum Gasteiger partial charge on any atom is -0.497 e. The third-order valence-corrected chi connectivity index (χ3v) is 3.32. The Morgan fingerprint density at radius 3 is 2.33 bits per heavy atom. The normalized spacial score (nSPS) is 11.5. The molecule has 1 radical (unpaired) electrons. The molecule has 1 heterocycles. The largest absolute Gasteiger partial charge is 0.497 e. The van der Waals surface area contributed by atoms with Gasteiger partial charge in [-0.25, -0.2) is 9.97 Å². The van der Waals surface area contributed by atoms with Crippen molar-refractivity contribution in [3.63, 3.8) is 0 Å². The van der Waals surface area contributed by atoms with Crippen LogP contribution in [0.5, 0.6) is 5.75 Å². The third-order valence-electron chi connectivity index (χ3n) is 2.66. The Hall–Kier alpha value is -1.89. The standard InChI is InChI=1S/C15H17N2O3S/c1-10-8-11(2)17-14(16-10)21-15(18)20-9-12-4-6-13(19-3)7-5-12/h4-8,18H,9H2,1-3H3. The molecule has 0 saturated carbocycles. The van der Waals surface area contributed by atoms with E-state index in [-0.39, 0.29) is 11.8 Å². The first-order valence-corrected chi connectivity index (χ1v) is 7.20. The van der Waals surface area contributed by atoms with Gasteiger partial charge < -0.3 is 14.6 Å². The summed E-state index contributed by atoms with van der Waals surface area (Å²) in [6.07, 6.45) is 0. The van der Waals surface area contributed by atoms with Crippen molar-refractivity contribution in [2.45, 2.75) is 25.6 Å². The van der Waals surface area contributed by atoms with Crippen molar-refractivity contribution in [1.29, 1.82) is 0 Å². The molecule has 21 heavy (non-hydrogen) atoms. The van der Waals surface area contributed by atoms with Gasteiger partial charge in [-0.1, -0.05) is 12.1 Å². The highest BCUT2D eigenvalue weighted by atomic mass is 32.1. The molecule has 0 aliphatic rings. The average molecular weight is 305 g/mol. The summed E-state index contributed by atoms with van der Waals surface area (Å²) in [7, 11) is 1.62. The monoisotopic (exact) mass is 305 g/mol. The van der Waals surface area contributed by atoms with E-state index in [0.717, 1.165) is 34.1 Å². The Labute approximate surface area is 127 Å². The maximum absolute atomic E-state index is 9.80. The molecule has 0 fully saturated rings. The zero-order chi connectivity index (χ0) is 15.2. The van der Waals surface area contributed by atoms with Gasteiger partial charge in [0.25, 0.3) is 0 Å². The van der Waals surface area contributed by atoms with Gasteiger partial charge in [0.1, 0.15) is 5.75 Å². The molecule has 6 heteroatoms. The van der Waals surface area contributed by atoms with Gasteiger partial charge in [0.05, 0.1) is 13.7 Å². The molecule has 0 amide bonds. The van der Waals surface area contributed by atoms with Crippen LogP contribution in [-0.2, 0) is 11.3 Å². The molecule has 0 spiro atoms. The number of aromatic nitrogens is 2. The molecule has 2 rings (SSSR count). The van der Waals surface area contributed by atoms with Crippen molar-refractivity contribution in [3.05, 3.63) is 47.3 Å². The lowest BCUT2D eigenvalue weighted by molar-refractivity contribution is 0.230. The molecule has 0 bridgehead atoms. The van der Waals surface area contributed by atoms with E-state index in [1.165, 1.54) is 0 Å². The summed E-state index contributed by atoms with van der Waals surface area (Å²) in [4.78, 5) is 8.45. The number of benzene rings is 1. The van der Waals surface area contributed by atoms with Crippen molar-refractivity contribution >= 4 is 16.6 Å². The predicted octanol–water partition coefficient (Wildman–Crippen LogP) is 3.06. The second-order valence-electron chi connectivity index (χ2n) is 4.44. The van der Waals surface area contributed by atoms with Crippen LogP contribution in [0.4, 0.5) is 0 Å². The van der Waals surface area contributed by atoms with Gasteiger partial charge in [-0.3, -0.25) is 0 Å². The number of nitrogens with zero attached hydrogens (tertiary/aromatic N) is 2. The lowest BCUT2D eigenvalue weighted by Crippen LogP contribution is -2.02. The number of hydrogen-bond acceptors (Lipinski definition) is 4. The van der Waals surface area contributed by atoms with Crippen molar-refractivity contribution < 1.29 is 14.6 Å². The summed E-state index contributed by atoms with van der Waals surface area (Å²) >= 11 is 1.00. The van der Waals surface area contributed by atoms with E-state index in [4.69, 9.17) is 9.47 Å². The minimum absolute atomic E-state index is 0.171. The van der Waals surface area contributed by atoms with Gasteiger partial charge in [-0.2, -0.15) is 0 Å². The van der Waals surface area contributed by atoms with E-state index in [9.17, 15) is 5.11 Å². The minimum atomic E-state index is -0.171. The Morgan fingerprint density at radius 2 is 1.76 bits per heavy atom. The molecule has 111 valence electrons. The Kier molecular flexibility index (Phi) is 5.32. The highest BCUT2D eigenvalue weighted by Gasteiger charge is 2.02. The first kappa shape index (κ1) is 15.5. The molecule has 2 aromatic rings. The molecular weight excluding hydrogens is 288 g/mol. The van der Waals surface area contributed by atoms with E-state index in [0.29, 0.717) is 5.16 Å². The van der Waals surface area contributed by atoms with Gasteiger partial charge in [0.2, 0.25) is 10.4 Å². The highest BCUT2D eigenvalue weighted by molar-refractivity contribution is 7.98. The lowest BCUT2D eigenvalue weighted by atomic mass is 10.2. The van der Waals surface area contributed by atoms with Crippen LogP contribution in [0, 0.1) is 13.8 Å². The van der Waals surface area contributed by atoms with E-state index < -0.39 is 0 Å². The number of aliphatic hydroxyl groups is 1. The zero-order valence-electron chi connectivity index (χ0n) is 12.2. The van der Waals surface area contributed by atoms with Crippen molar-refractivity contribution in [2.75, 3.05) is 7.11 Å². The number of aryl methyl sites for hydroxylation is 2. The first-order chi connectivity index (χ1) is 10.1. The SMILES string of the molecule is COc1ccc(COC(O)=[S]c2nc(C)cc(C)n2)cc1. The number of hydrogen-bond donors (Lipinski definition) is 1. The van der Waals surface area contributed by atoms with E-state index in [2.05, 4.69) is 9.97 Å². The molecule has 0 saturated heterocycles. The second kappa shape index (κ2) is 7.21. The van der Waals surface area contributed by atoms with Crippen LogP contribution in [-0.4, -0.2) is 27.4 Å². The van der Waals surface area contributed by atoms with Gasteiger partial charge in [0, 0.05) is 11.4 Å². The molecule has 0 aliphatic carbocycles. The Bertz CT molecular complexity index is 622. The van der Waals surface area contributed by atoms with Crippen LogP contribution in [0.1, 0.15) is 17.0 Å². The Morgan fingerprint density at radius 1 is 1.14 bits per heavy atom. The number of aliphatic hydroxyl groups excluding tert-OH is 1. The third kappa shape index (κ3) is 4.86. The summed E-state index contributed by atoms with van der Waals surface area (Å²) in [5.41, 5.74) is 2.64. The molecular formula is C15H17N2O3S. The molecule has 0 aliphatic heterocycles. The van der Waals surface area contributed by atoms with Gasteiger partial charge >= 0.3 is 0 Å². The van der Waals surface area contributed by atoms with Crippen molar-refractivity contribution in [2.24, 2.45) is 0 Å². The fraction of sp³-hybridized carbons (Fsp3) is 0.267. The zero-order valence-corrected chi connectivity index (χ0v) is 13.0. The predicted molar refractivity (Wildman–Crippen MR) is 82.8 cm³/mol. The lowest BCUT2D eigenvalue weighted by Gasteiger charge is -2.04. The summed E-state index contributed by atoms with van der Waals surface area (Å²) < 4.78 is 10.4. The maximum Gasteiger partial charge on any atom is 0.243 e. The van der Waals surface area contributed by atoms with E-state index >= 15 is 0 Å². The molecule has 5 nitrogen and oxygen atoms in total. The number of ether oxygens (including phenoxy) is 2. The highest BCUT2D eigenvalue weighted by Crippen LogP contribution is 2.13. The fourth-order valence-electron chi connectivity index (χ4n) is 1.71. The van der Waals surface area contributed by atoms with E-state index in [1.807, 2.05) is 44.2 Å². The molecule has 1 aromatic heterocycles. The van der Waals surface area contributed by atoms with Crippen molar-refractivity contribution in [1.82, 2.24) is 9.97 Å². The van der Waals surface area contributed by atoms with Crippen LogP contribution in [0.3, 0.4) is 0 Å². The molecule has 0 unspecified atom stereocenters. The summed E-state index contributed by atoms with van der Waals surface area (Å²) in [5.74, 6) is 0.782. The second-order valence-corrected chi connectivity index (χ2v) is 5.36. The van der Waals surface area contributed by atoms with Gasteiger partial charge in [-0.05, 0) is 49.0 Å². The van der Waals surface area contributed by atoms with Gasteiger partial charge in [0.15, 0.2) is 0 Å². The van der Waals surface area contributed by atoms with Gasteiger partial charge in [-0.15, -0.1) is 0 Å². The van der Waals surface area contributed by atoms with Crippen LogP contribution in [0.25, 0.3) is 0 Å². The first-order valence-electron chi connectivity index (χ1n) is 6.38. The molecule has 1 aromatic carbocycles. The smallest absolute Gasteiger partial charge is 0.243 e. The quantitative estimate of drug-likeness (QED) is 0.695. The van der Waals surface area contributed by atoms with Crippen LogP contribution < -0.4 is 4.74 Å². The average Bonchev–Trinajstić information content (AvgIpc) is 2.44. The fourth-order valence-corrected chi connectivity index (χ4v) is 2.37. The number of methoxy groups -OCH3 is 1. The van der Waals surface area contributed by atoms with Crippen molar-refractivity contribution in [3.8, 4) is 5.75 Å². The maximum atomic E-state index is 9.80. The van der Waals surface area contributed by atoms with E-state index in [1.54, 1.807) is 7.11 Å². The van der Waals surface area contributed by atoms with Crippen LogP contribution >= 0.6 is 11.4 Å². The van der Waals surface area contributed by atoms with Crippen LogP contribution in [0.15, 0.2) is 35.5 Å². The summed E-state index contributed by atoms with van der Waals surface area (Å²) in [6, 6.07) is 9.32. The molecule has 0 atom stereocenters. The summed E-state index contributed by atoms with van der Waals surface area (Å²) in [5, 5.41) is 10.1. The number of rotatable bonds is 4. The topological polar surface area (TPSA) is 64.5 Å². The Balaban J connectivity index is 1.99. The van der Waals surface area contributed by atoms with Crippen LogP contribution in [0.2, 0.25) is 0 Å². The molecule has 1 N–H and O–H groups in total. The summed E-state index contributed by atoms with van der Waals surface area (Å²) in [6.45, 7) is 4.04.